The van der Waals surface area contributed by atoms with Crippen molar-refractivity contribution in [1.29, 1.82) is 5.26 Å². The van der Waals surface area contributed by atoms with Gasteiger partial charge in [0.05, 0.1) is 22.8 Å². The molecule has 3 rings (SSSR count). The lowest BCUT2D eigenvalue weighted by molar-refractivity contribution is -0.141. The Morgan fingerprint density at radius 3 is 2.39 bits per heavy atom. The molecule has 2 saturated heterocycles. The Hall–Kier alpha value is -1.39. The van der Waals surface area contributed by atoms with Crippen molar-refractivity contribution in [3.63, 3.8) is 0 Å². The number of nitrogens with zero attached hydrogens (tertiary/aromatic N) is 1. The predicted molar refractivity (Wildman–Crippen MR) is 78.9 cm³/mol. The van der Waals surface area contributed by atoms with Gasteiger partial charge in [-0.3, -0.25) is 4.21 Å². The molecule has 2 aliphatic heterocycles. The first-order valence-corrected chi connectivity index (χ1v) is 8.76. The maximum absolute atomic E-state index is 13.4. The maximum atomic E-state index is 13.4. The number of rotatable bonds is 1. The summed E-state index contributed by atoms with van der Waals surface area (Å²) in [7, 11) is -1.08. The number of halogens is 3. The van der Waals surface area contributed by atoms with Crippen LogP contribution in [-0.4, -0.2) is 19.8 Å². The van der Waals surface area contributed by atoms with E-state index in [4.69, 9.17) is 5.26 Å². The van der Waals surface area contributed by atoms with E-state index in [1.165, 1.54) is 12.1 Å². The Bertz CT molecular complexity index is 680. The lowest BCUT2D eigenvalue weighted by Crippen LogP contribution is -2.48. The van der Waals surface area contributed by atoms with Gasteiger partial charge in [-0.05, 0) is 43.4 Å². The lowest BCUT2D eigenvalue weighted by Gasteiger charge is -2.44. The van der Waals surface area contributed by atoms with Crippen LogP contribution in [0.3, 0.4) is 0 Å². The van der Waals surface area contributed by atoms with Gasteiger partial charge < -0.3 is 5.11 Å². The van der Waals surface area contributed by atoms with Crippen LogP contribution in [0, 0.1) is 11.3 Å². The van der Waals surface area contributed by atoms with Gasteiger partial charge in [0.1, 0.15) is 0 Å². The molecule has 0 aliphatic carbocycles. The fourth-order valence-electron chi connectivity index (χ4n) is 3.76. The molecule has 7 heteroatoms. The molecule has 1 N–H and O–H groups in total. The number of aliphatic hydroxyl groups is 1. The molecule has 3 nitrogen and oxygen atoms in total. The summed E-state index contributed by atoms with van der Waals surface area (Å²) < 4.78 is 52.4. The summed E-state index contributed by atoms with van der Waals surface area (Å²) in [5.41, 5.74) is -2.89. The normalized spacial score (nSPS) is 34.0. The van der Waals surface area contributed by atoms with Crippen molar-refractivity contribution < 1.29 is 22.5 Å². The standard InChI is InChI=1S/C16H16F3NO2S/c17-16(18,19)14-6-10(9-20)4-5-13(14)15(21)7-11-2-1-3-12(8-15)23(11)22/h4-6,11-12,21H,1-3,7-8H2. The molecular formula is C16H16F3NO2S. The van der Waals surface area contributed by atoms with Crippen molar-refractivity contribution in [3.8, 4) is 6.07 Å². The number of nitriles is 1. The van der Waals surface area contributed by atoms with E-state index in [-0.39, 0.29) is 34.5 Å². The van der Waals surface area contributed by atoms with Crippen LogP contribution >= 0.6 is 0 Å². The monoisotopic (exact) mass is 343 g/mol. The van der Waals surface area contributed by atoms with Gasteiger partial charge in [0, 0.05) is 21.3 Å². The highest BCUT2D eigenvalue weighted by atomic mass is 32.2. The maximum Gasteiger partial charge on any atom is 0.416 e. The molecule has 23 heavy (non-hydrogen) atoms. The molecule has 0 radical (unpaired) electrons. The summed E-state index contributed by atoms with van der Waals surface area (Å²) in [4.78, 5) is 0. The minimum atomic E-state index is -4.65. The topological polar surface area (TPSA) is 61.1 Å². The van der Waals surface area contributed by atoms with Gasteiger partial charge in [-0.1, -0.05) is 12.5 Å². The summed E-state index contributed by atoms with van der Waals surface area (Å²) in [5, 5.41) is 19.3. The zero-order valence-corrected chi connectivity index (χ0v) is 13.1. The molecule has 2 atom stereocenters. The Labute approximate surface area is 134 Å². The molecule has 0 aromatic heterocycles. The van der Waals surface area contributed by atoms with E-state index >= 15 is 0 Å². The fraction of sp³-hybridized carbons (Fsp3) is 0.562. The number of alkyl halides is 3. The highest BCUT2D eigenvalue weighted by Crippen LogP contribution is 2.47. The Balaban J connectivity index is 2.07. The first-order chi connectivity index (χ1) is 10.7. The lowest BCUT2D eigenvalue weighted by atomic mass is 9.78. The zero-order valence-electron chi connectivity index (χ0n) is 12.3. The minimum Gasteiger partial charge on any atom is -0.385 e. The molecule has 124 valence electrons. The molecule has 0 saturated carbocycles. The molecule has 0 spiro atoms. The van der Waals surface area contributed by atoms with Crippen LogP contribution in [0.15, 0.2) is 18.2 Å². The second-order valence-electron chi connectivity index (χ2n) is 6.31. The van der Waals surface area contributed by atoms with Gasteiger partial charge in [0.2, 0.25) is 0 Å². The van der Waals surface area contributed by atoms with Crippen LogP contribution in [0.4, 0.5) is 13.2 Å². The number of benzene rings is 1. The van der Waals surface area contributed by atoms with Gasteiger partial charge in [-0.2, -0.15) is 18.4 Å². The van der Waals surface area contributed by atoms with Crippen LogP contribution in [0.1, 0.15) is 48.8 Å². The number of hydrogen-bond acceptors (Lipinski definition) is 3. The molecule has 2 unspecified atom stereocenters. The molecule has 1 aromatic carbocycles. The summed E-state index contributed by atoms with van der Waals surface area (Å²) in [6.45, 7) is 0. The summed E-state index contributed by atoms with van der Waals surface area (Å²) >= 11 is 0. The van der Waals surface area contributed by atoms with Crippen LogP contribution in [-0.2, 0) is 22.6 Å². The molecule has 2 bridgehead atoms. The largest absolute Gasteiger partial charge is 0.416 e. The van der Waals surface area contributed by atoms with Gasteiger partial charge in [-0.15, -0.1) is 0 Å². The smallest absolute Gasteiger partial charge is 0.385 e. The molecule has 2 aliphatic rings. The van der Waals surface area contributed by atoms with E-state index in [0.29, 0.717) is 12.8 Å². The van der Waals surface area contributed by atoms with E-state index in [1.54, 1.807) is 6.07 Å². The Morgan fingerprint density at radius 1 is 1.26 bits per heavy atom. The Kier molecular flexibility index (Phi) is 4.01. The average Bonchev–Trinajstić information content (AvgIpc) is 2.47. The highest BCUT2D eigenvalue weighted by Gasteiger charge is 2.49. The second kappa shape index (κ2) is 5.60. The first-order valence-electron chi connectivity index (χ1n) is 7.48. The van der Waals surface area contributed by atoms with Crippen molar-refractivity contribution in [3.05, 3.63) is 34.9 Å². The molecule has 2 fully saturated rings. The summed E-state index contributed by atoms with van der Waals surface area (Å²) in [5.74, 6) is 0. The van der Waals surface area contributed by atoms with Gasteiger partial charge in [-0.25, -0.2) is 0 Å². The Morgan fingerprint density at radius 2 is 1.87 bits per heavy atom. The number of hydrogen-bond donors (Lipinski definition) is 1. The van der Waals surface area contributed by atoms with E-state index in [1.807, 2.05) is 0 Å². The molecular weight excluding hydrogens is 327 g/mol. The third kappa shape index (κ3) is 2.90. The predicted octanol–water partition coefficient (Wildman–Crippen LogP) is 3.23. The van der Waals surface area contributed by atoms with Crippen molar-refractivity contribution in [2.45, 2.75) is 54.4 Å². The van der Waals surface area contributed by atoms with E-state index in [2.05, 4.69) is 0 Å². The quantitative estimate of drug-likeness (QED) is 0.852. The van der Waals surface area contributed by atoms with Crippen LogP contribution in [0.25, 0.3) is 0 Å². The minimum absolute atomic E-state index is 0.0745. The molecule has 0 amide bonds. The van der Waals surface area contributed by atoms with E-state index in [0.717, 1.165) is 12.5 Å². The highest BCUT2D eigenvalue weighted by molar-refractivity contribution is 7.86. The van der Waals surface area contributed by atoms with Gasteiger partial charge in [0.25, 0.3) is 0 Å². The van der Waals surface area contributed by atoms with Crippen molar-refractivity contribution >= 4 is 10.8 Å². The molecule has 1 aromatic rings. The van der Waals surface area contributed by atoms with Crippen molar-refractivity contribution in [2.75, 3.05) is 0 Å². The fourth-order valence-corrected chi connectivity index (χ4v) is 5.98. The van der Waals surface area contributed by atoms with Crippen LogP contribution in [0.5, 0.6) is 0 Å². The van der Waals surface area contributed by atoms with Crippen LogP contribution < -0.4 is 0 Å². The first kappa shape index (κ1) is 16.5. The SMILES string of the molecule is N#Cc1ccc(C2(O)CC3CCCC(C2)S3=O)c(C(F)(F)F)c1. The molecule has 2 heterocycles. The van der Waals surface area contributed by atoms with E-state index < -0.39 is 28.1 Å². The second-order valence-corrected chi connectivity index (χ2v) is 8.30. The third-order valence-electron chi connectivity index (χ3n) is 4.80. The van der Waals surface area contributed by atoms with Gasteiger partial charge in [0.15, 0.2) is 0 Å². The van der Waals surface area contributed by atoms with E-state index in [9.17, 15) is 22.5 Å². The average molecular weight is 343 g/mol. The third-order valence-corrected chi connectivity index (χ3v) is 6.91. The summed E-state index contributed by atoms with van der Waals surface area (Å²) in [6, 6.07) is 4.98. The van der Waals surface area contributed by atoms with Crippen molar-refractivity contribution in [2.24, 2.45) is 0 Å². The zero-order chi connectivity index (χ0) is 16.8. The van der Waals surface area contributed by atoms with Crippen molar-refractivity contribution in [1.82, 2.24) is 0 Å². The number of fused-ring (bicyclic) bond motifs is 2. The summed E-state index contributed by atoms with van der Waals surface area (Å²) in [6.07, 6.45) is -2.26. The van der Waals surface area contributed by atoms with Crippen LogP contribution in [0.2, 0.25) is 0 Å². The van der Waals surface area contributed by atoms with Gasteiger partial charge >= 0.3 is 6.18 Å².